The maximum absolute atomic E-state index is 10.7. The number of hydrogen-bond donors (Lipinski definition) is 2. The third-order valence-electron chi connectivity index (χ3n) is 2.80. The molecule has 0 fully saturated rings. The monoisotopic (exact) mass is 299 g/mol. The van der Waals surface area contributed by atoms with Gasteiger partial charge in [0, 0.05) is 43.2 Å². The van der Waals surface area contributed by atoms with Crippen molar-refractivity contribution in [2.45, 2.75) is 6.92 Å². The van der Waals surface area contributed by atoms with Crippen LogP contribution in [0.5, 0.6) is 11.5 Å². The summed E-state index contributed by atoms with van der Waals surface area (Å²) in [5, 5.41) is 17.9. The van der Waals surface area contributed by atoms with E-state index in [4.69, 9.17) is 15.9 Å². The van der Waals surface area contributed by atoms with Crippen molar-refractivity contribution in [1.82, 2.24) is 9.97 Å². The Morgan fingerprint density at radius 3 is 2.82 bits per heavy atom. The Kier molecular flexibility index (Phi) is 4.42. The van der Waals surface area contributed by atoms with Gasteiger partial charge >= 0.3 is 5.82 Å². The highest BCUT2D eigenvalue weighted by atomic mass is 16.6. The van der Waals surface area contributed by atoms with Gasteiger partial charge in [-0.2, -0.15) is 0 Å². The smallest absolute Gasteiger partial charge is 0.363 e. The molecule has 0 spiro atoms. The average molecular weight is 299 g/mol. The molecule has 0 saturated carbocycles. The summed E-state index contributed by atoms with van der Waals surface area (Å²) >= 11 is 0. The lowest BCUT2D eigenvalue weighted by Gasteiger charge is -2.07. The number of aryl methyl sites for hydroxylation is 1. The van der Waals surface area contributed by atoms with Crippen LogP contribution < -0.4 is 10.5 Å². The number of pyridine rings is 2. The minimum absolute atomic E-state index is 0.238. The van der Waals surface area contributed by atoms with Crippen molar-refractivity contribution in [3.8, 4) is 11.5 Å². The fourth-order valence-corrected chi connectivity index (χ4v) is 1.71. The highest BCUT2D eigenvalue weighted by Gasteiger charge is 2.13. The number of hydrogen-bond acceptors (Lipinski definition) is 7. The molecular weight excluding hydrogens is 286 g/mol. The lowest BCUT2D eigenvalue weighted by Crippen LogP contribution is -1.97. The third-order valence-corrected chi connectivity index (χ3v) is 2.80. The summed E-state index contributed by atoms with van der Waals surface area (Å²) in [4.78, 5) is 18.0. The SMILES string of the molecule is Cc1nc([N+](=O)[O-])ccc1Oc1ccnc(/C(C=N)=C/N)c1. The van der Waals surface area contributed by atoms with Crippen LogP contribution in [0, 0.1) is 22.4 Å². The van der Waals surface area contributed by atoms with E-state index in [1.54, 1.807) is 19.1 Å². The van der Waals surface area contributed by atoms with Gasteiger partial charge in [0.1, 0.15) is 5.75 Å². The van der Waals surface area contributed by atoms with Crippen LogP contribution in [0.4, 0.5) is 5.82 Å². The number of rotatable bonds is 5. The van der Waals surface area contributed by atoms with E-state index in [0.29, 0.717) is 28.5 Å². The van der Waals surface area contributed by atoms with Gasteiger partial charge in [-0.25, -0.2) is 0 Å². The first kappa shape index (κ1) is 15.1. The molecule has 0 bridgehead atoms. The van der Waals surface area contributed by atoms with Gasteiger partial charge in [0.2, 0.25) is 0 Å². The lowest BCUT2D eigenvalue weighted by atomic mass is 10.2. The maximum Gasteiger partial charge on any atom is 0.363 e. The largest absolute Gasteiger partial charge is 0.453 e. The van der Waals surface area contributed by atoms with Crippen molar-refractivity contribution >= 4 is 17.6 Å². The number of allylic oxidation sites excluding steroid dienone is 1. The second-order valence-corrected chi connectivity index (χ2v) is 4.26. The van der Waals surface area contributed by atoms with Crippen molar-refractivity contribution < 1.29 is 9.66 Å². The molecule has 112 valence electrons. The summed E-state index contributed by atoms with van der Waals surface area (Å²) in [6.45, 7) is 1.62. The number of nitro groups is 1. The Bertz CT molecular complexity index is 758. The van der Waals surface area contributed by atoms with Crippen LogP contribution in [0.1, 0.15) is 11.4 Å². The van der Waals surface area contributed by atoms with Crippen LogP contribution in [0.2, 0.25) is 0 Å². The summed E-state index contributed by atoms with van der Waals surface area (Å²) < 4.78 is 5.66. The van der Waals surface area contributed by atoms with Gasteiger partial charge in [-0.05, 0) is 22.0 Å². The molecule has 2 aromatic rings. The molecule has 2 rings (SSSR count). The number of nitrogens with two attached hydrogens (primary N) is 1. The van der Waals surface area contributed by atoms with E-state index < -0.39 is 4.92 Å². The second-order valence-electron chi connectivity index (χ2n) is 4.26. The standard InChI is InChI=1S/C14H13N5O3/c1-9-13(2-3-14(18-9)19(20)21)22-11-4-5-17-12(6-11)10(7-15)8-16/h2-8,15H,16H2,1H3/b10-8+,15-7?. The zero-order valence-electron chi connectivity index (χ0n) is 11.7. The predicted octanol–water partition coefficient (Wildman–Crippen LogP) is 2.43. The minimum Gasteiger partial charge on any atom is -0.453 e. The Morgan fingerprint density at radius 1 is 1.45 bits per heavy atom. The normalized spacial score (nSPS) is 11.0. The van der Waals surface area contributed by atoms with Gasteiger partial charge < -0.3 is 26.0 Å². The third kappa shape index (κ3) is 3.23. The summed E-state index contributed by atoms with van der Waals surface area (Å²) in [7, 11) is 0. The van der Waals surface area contributed by atoms with E-state index in [9.17, 15) is 10.1 Å². The summed E-state index contributed by atoms with van der Waals surface area (Å²) in [5.74, 6) is 0.623. The lowest BCUT2D eigenvalue weighted by molar-refractivity contribution is -0.389. The van der Waals surface area contributed by atoms with Crippen molar-refractivity contribution in [2.75, 3.05) is 0 Å². The van der Waals surface area contributed by atoms with E-state index >= 15 is 0 Å². The molecule has 0 atom stereocenters. The molecule has 0 saturated heterocycles. The molecule has 8 nitrogen and oxygen atoms in total. The molecule has 0 radical (unpaired) electrons. The molecule has 2 aromatic heterocycles. The molecule has 0 unspecified atom stereocenters. The van der Waals surface area contributed by atoms with E-state index in [2.05, 4.69) is 9.97 Å². The maximum atomic E-state index is 10.7. The Morgan fingerprint density at radius 2 is 2.23 bits per heavy atom. The highest BCUT2D eigenvalue weighted by molar-refractivity contribution is 6.07. The van der Waals surface area contributed by atoms with E-state index in [-0.39, 0.29) is 5.82 Å². The summed E-state index contributed by atoms with van der Waals surface area (Å²) in [6, 6.07) is 6.00. The zero-order chi connectivity index (χ0) is 16.1. The fraction of sp³-hybridized carbons (Fsp3) is 0.0714. The first-order valence-corrected chi connectivity index (χ1v) is 6.24. The van der Waals surface area contributed by atoms with E-state index in [0.717, 1.165) is 6.21 Å². The number of aromatic nitrogens is 2. The Balaban J connectivity index is 2.30. The number of nitrogens with zero attached hydrogens (tertiary/aromatic N) is 3. The first-order valence-electron chi connectivity index (χ1n) is 6.24. The van der Waals surface area contributed by atoms with E-state index in [1.165, 1.54) is 24.5 Å². The molecule has 8 heteroatoms. The van der Waals surface area contributed by atoms with Gasteiger partial charge in [0.15, 0.2) is 11.4 Å². The molecule has 2 heterocycles. The zero-order valence-corrected chi connectivity index (χ0v) is 11.7. The quantitative estimate of drug-likeness (QED) is 0.495. The number of nitrogens with one attached hydrogen (secondary N) is 1. The minimum atomic E-state index is -0.566. The van der Waals surface area contributed by atoms with Crippen molar-refractivity contribution in [3.05, 3.63) is 58.2 Å². The molecule has 3 N–H and O–H groups in total. The fourth-order valence-electron chi connectivity index (χ4n) is 1.71. The average Bonchev–Trinajstić information content (AvgIpc) is 2.51. The van der Waals surface area contributed by atoms with Crippen LogP contribution in [0.15, 0.2) is 36.7 Å². The second kappa shape index (κ2) is 6.44. The van der Waals surface area contributed by atoms with Gasteiger partial charge in [-0.15, -0.1) is 0 Å². The molecule has 22 heavy (non-hydrogen) atoms. The van der Waals surface area contributed by atoms with Gasteiger partial charge in [0.25, 0.3) is 0 Å². The first-order chi connectivity index (χ1) is 10.5. The van der Waals surface area contributed by atoms with Gasteiger partial charge in [-0.1, -0.05) is 0 Å². The Hall–Kier alpha value is -3.29. The summed E-state index contributed by atoms with van der Waals surface area (Å²) in [5.41, 5.74) is 6.75. The topological polar surface area (TPSA) is 128 Å². The summed E-state index contributed by atoms with van der Waals surface area (Å²) in [6.07, 6.45) is 3.88. The molecule has 0 aliphatic carbocycles. The van der Waals surface area contributed by atoms with E-state index in [1.807, 2.05) is 0 Å². The van der Waals surface area contributed by atoms with Crippen molar-refractivity contribution in [3.63, 3.8) is 0 Å². The molecule has 0 aliphatic heterocycles. The molecule has 0 amide bonds. The predicted molar refractivity (Wildman–Crippen MR) is 80.9 cm³/mol. The van der Waals surface area contributed by atoms with Gasteiger partial charge in [-0.3, -0.25) is 4.98 Å². The molecular formula is C14H13N5O3. The Labute approximate surface area is 125 Å². The highest BCUT2D eigenvalue weighted by Crippen LogP contribution is 2.26. The van der Waals surface area contributed by atoms with Crippen LogP contribution in [-0.4, -0.2) is 21.1 Å². The number of ether oxygens (including phenoxy) is 1. The molecule has 0 aliphatic rings. The van der Waals surface area contributed by atoms with Crippen LogP contribution in [0.3, 0.4) is 0 Å². The van der Waals surface area contributed by atoms with Gasteiger partial charge in [0.05, 0.1) is 5.69 Å². The van der Waals surface area contributed by atoms with Crippen molar-refractivity contribution in [1.29, 1.82) is 5.41 Å². The van der Waals surface area contributed by atoms with Crippen LogP contribution >= 0.6 is 0 Å². The van der Waals surface area contributed by atoms with Crippen LogP contribution in [-0.2, 0) is 0 Å². The van der Waals surface area contributed by atoms with Crippen LogP contribution in [0.25, 0.3) is 5.57 Å². The van der Waals surface area contributed by atoms with Crippen molar-refractivity contribution in [2.24, 2.45) is 5.73 Å². The molecule has 0 aromatic carbocycles.